The van der Waals surface area contributed by atoms with Crippen LogP contribution in [0.2, 0.25) is 4.64 Å². The maximum atomic E-state index is 3.90. The van der Waals surface area contributed by atoms with E-state index in [1.807, 2.05) is 0 Å². The molecule has 2 rings (SSSR count). The van der Waals surface area contributed by atoms with Crippen LogP contribution in [-0.2, 0) is 18.4 Å². The molecule has 0 atom stereocenters. The average molecular weight is 352 g/mol. The van der Waals surface area contributed by atoms with Crippen molar-refractivity contribution in [1.82, 2.24) is 0 Å². The van der Waals surface area contributed by atoms with Crippen molar-refractivity contribution in [1.29, 1.82) is 0 Å². The van der Waals surface area contributed by atoms with Crippen LogP contribution >= 0.6 is 0 Å². The van der Waals surface area contributed by atoms with Crippen molar-refractivity contribution in [3.63, 3.8) is 0 Å². The molecule has 2 aliphatic carbocycles. The molecule has 0 fully saturated rings. The molecule has 0 heterocycles. The molecule has 0 saturated carbocycles. The SMILES string of the molecule is C=C[CH2][Ta]([C]1=CC=CC1)[C]1=CC=CC1. The molecule has 0 nitrogen and oxygen atoms in total. The molecule has 0 spiro atoms. The van der Waals surface area contributed by atoms with E-state index in [1.54, 1.807) is 7.58 Å². The van der Waals surface area contributed by atoms with E-state index in [1.165, 1.54) is 17.5 Å². The third kappa shape index (κ3) is 2.09. The normalized spacial score (nSPS) is 18.9. The second-order valence-corrected chi connectivity index (χ2v) is 12.0. The molecular weight excluding hydrogens is 337 g/mol. The Morgan fingerprint density at radius 3 is 2.07 bits per heavy atom. The molecular formula is C13H15Ta. The van der Waals surface area contributed by atoms with Gasteiger partial charge in [0.05, 0.1) is 0 Å². The molecule has 0 saturated heterocycles. The third-order valence-electron chi connectivity index (χ3n) is 2.51. The summed E-state index contributed by atoms with van der Waals surface area (Å²) < 4.78 is 4.76. The van der Waals surface area contributed by atoms with Crippen LogP contribution in [-0.4, -0.2) is 0 Å². The van der Waals surface area contributed by atoms with Crippen LogP contribution in [0.5, 0.6) is 0 Å². The van der Waals surface area contributed by atoms with Gasteiger partial charge in [0.25, 0.3) is 0 Å². The third-order valence-corrected chi connectivity index (χ3v) is 12.1. The molecule has 0 N–H and O–H groups in total. The van der Waals surface area contributed by atoms with Crippen molar-refractivity contribution in [2.45, 2.75) is 17.5 Å². The van der Waals surface area contributed by atoms with E-state index < -0.39 is 18.4 Å². The number of hydrogen-bond acceptors (Lipinski definition) is 0. The predicted octanol–water partition coefficient (Wildman–Crippen LogP) is 3.90. The van der Waals surface area contributed by atoms with Gasteiger partial charge in [-0.05, 0) is 0 Å². The quantitative estimate of drug-likeness (QED) is 0.674. The molecule has 0 aliphatic heterocycles. The van der Waals surface area contributed by atoms with Gasteiger partial charge in [-0.3, -0.25) is 0 Å². The topological polar surface area (TPSA) is 0 Å². The summed E-state index contributed by atoms with van der Waals surface area (Å²) in [5.74, 6) is 0. The minimum absolute atomic E-state index is 1.21. The summed E-state index contributed by atoms with van der Waals surface area (Å²) in [7, 11) is 0. The van der Waals surface area contributed by atoms with Crippen molar-refractivity contribution < 1.29 is 18.4 Å². The Balaban J connectivity index is 2.11. The van der Waals surface area contributed by atoms with Gasteiger partial charge in [0.15, 0.2) is 0 Å². The van der Waals surface area contributed by atoms with Crippen LogP contribution in [0.25, 0.3) is 0 Å². The zero-order chi connectivity index (χ0) is 9.80. The fourth-order valence-corrected chi connectivity index (χ4v) is 10.0. The summed E-state index contributed by atoms with van der Waals surface area (Å²) in [6.45, 7) is 3.90. The van der Waals surface area contributed by atoms with Gasteiger partial charge in [-0.15, -0.1) is 0 Å². The van der Waals surface area contributed by atoms with Crippen LogP contribution in [0, 0.1) is 0 Å². The fraction of sp³-hybridized carbons (Fsp3) is 0.231. The summed E-state index contributed by atoms with van der Waals surface area (Å²) in [6.07, 6.45) is 18.2. The summed E-state index contributed by atoms with van der Waals surface area (Å²) in [5.41, 5.74) is 0. The van der Waals surface area contributed by atoms with Crippen LogP contribution in [0.4, 0.5) is 0 Å². The van der Waals surface area contributed by atoms with Gasteiger partial charge < -0.3 is 0 Å². The minimum atomic E-state index is -1.54. The van der Waals surface area contributed by atoms with Crippen molar-refractivity contribution >= 4 is 0 Å². The Bertz CT molecular complexity index is 312. The summed E-state index contributed by atoms with van der Waals surface area (Å²) >= 11 is -1.54. The molecule has 0 aromatic carbocycles. The predicted molar refractivity (Wildman–Crippen MR) is 58.7 cm³/mol. The first-order valence-corrected chi connectivity index (χ1v) is 10.5. The van der Waals surface area contributed by atoms with E-state index in [4.69, 9.17) is 0 Å². The van der Waals surface area contributed by atoms with E-state index in [0.29, 0.717) is 0 Å². The van der Waals surface area contributed by atoms with Crippen LogP contribution in [0.3, 0.4) is 0 Å². The van der Waals surface area contributed by atoms with Crippen LogP contribution in [0.15, 0.2) is 56.7 Å². The van der Waals surface area contributed by atoms with Crippen LogP contribution < -0.4 is 0 Å². The zero-order valence-corrected chi connectivity index (χ0v) is 11.5. The van der Waals surface area contributed by atoms with E-state index in [0.717, 1.165) is 0 Å². The Morgan fingerprint density at radius 2 is 1.71 bits per heavy atom. The first-order chi connectivity index (χ1) is 6.92. The number of hydrogen-bond donors (Lipinski definition) is 0. The Labute approximate surface area is 92.5 Å². The van der Waals surface area contributed by atoms with Crippen molar-refractivity contribution in [2.24, 2.45) is 0 Å². The van der Waals surface area contributed by atoms with Gasteiger partial charge in [-0.1, -0.05) is 0 Å². The summed E-state index contributed by atoms with van der Waals surface area (Å²) in [5, 5.41) is 0. The Hall–Kier alpha value is -0.560. The summed E-state index contributed by atoms with van der Waals surface area (Å²) in [6, 6.07) is 0. The number of allylic oxidation sites excluding steroid dienone is 9. The number of rotatable bonds is 4. The summed E-state index contributed by atoms with van der Waals surface area (Å²) in [4.78, 5) is 0. The molecule has 0 radical (unpaired) electrons. The second kappa shape index (κ2) is 4.79. The second-order valence-electron chi connectivity index (χ2n) is 3.48. The van der Waals surface area contributed by atoms with Gasteiger partial charge in [0.1, 0.15) is 0 Å². The standard InChI is InChI=1S/2C5H5.C3H5.Ta/c2*1-2-4-5-3-1;1-3-2;/h2*1-3H,4H2;3H,1-2H2;. The van der Waals surface area contributed by atoms with Crippen LogP contribution in [0.1, 0.15) is 12.8 Å². The Kier molecular flexibility index (Phi) is 3.41. The Morgan fingerprint density at radius 1 is 1.14 bits per heavy atom. The molecule has 0 aromatic rings. The monoisotopic (exact) mass is 352 g/mol. The van der Waals surface area contributed by atoms with E-state index >= 15 is 0 Å². The van der Waals surface area contributed by atoms with Crippen molar-refractivity contribution in [2.75, 3.05) is 0 Å². The molecule has 14 heavy (non-hydrogen) atoms. The molecule has 0 unspecified atom stereocenters. The molecule has 0 aromatic heterocycles. The van der Waals surface area contributed by atoms with Gasteiger partial charge in [-0.25, -0.2) is 0 Å². The maximum absolute atomic E-state index is 3.90. The molecule has 1 heteroatoms. The van der Waals surface area contributed by atoms with E-state index in [2.05, 4.69) is 49.1 Å². The first-order valence-electron chi connectivity index (χ1n) is 5.01. The van der Waals surface area contributed by atoms with E-state index in [9.17, 15) is 0 Å². The van der Waals surface area contributed by atoms with Crippen molar-refractivity contribution in [3.8, 4) is 0 Å². The average Bonchev–Trinajstić information content (AvgIpc) is 2.87. The van der Waals surface area contributed by atoms with Gasteiger partial charge >= 0.3 is 92.6 Å². The fourth-order valence-electron chi connectivity index (χ4n) is 1.82. The van der Waals surface area contributed by atoms with Gasteiger partial charge in [0, 0.05) is 0 Å². The first kappa shape index (κ1) is 9.98. The van der Waals surface area contributed by atoms with Gasteiger partial charge in [-0.2, -0.15) is 0 Å². The van der Waals surface area contributed by atoms with Gasteiger partial charge in [0.2, 0.25) is 0 Å². The molecule has 0 bridgehead atoms. The van der Waals surface area contributed by atoms with Crippen molar-refractivity contribution in [3.05, 3.63) is 56.7 Å². The molecule has 0 amide bonds. The van der Waals surface area contributed by atoms with E-state index in [-0.39, 0.29) is 0 Å². The molecule has 72 valence electrons. The zero-order valence-electron chi connectivity index (χ0n) is 8.32. The molecule has 2 aliphatic rings.